The van der Waals surface area contributed by atoms with Crippen LogP contribution in [0.5, 0.6) is 0 Å². The van der Waals surface area contributed by atoms with Gasteiger partial charge in [0.15, 0.2) is 0 Å². The van der Waals surface area contributed by atoms with Crippen molar-refractivity contribution in [1.29, 1.82) is 0 Å². The Kier molecular flexibility index (Phi) is 6.43. The van der Waals surface area contributed by atoms with Gasteiger partial charge in [0.05, 0.1) is 17.1 Å². The number of nitrogens with one attached hydrogen (secondary N) is 1. The maximum atomic E-state index is 14.8. The molecule has 202 valence electrons. The second-order valence-electron chi connectivity index (χ2n) is 10.2. The van der Waals surface area contributed by atoms with Gasteiger partial charge in [-0.1, -0.05) is 22.0 Å². The second kappa shape index (κ2) is 9.80. The lowest BCUT2D eigenvalue weighted by atomic mass is 10.2. The summed E-state index contributed by atoms with van der Waals surface area (Å²) in [6.07, 6.45) is 1.44. The third-order valence-electron chi connectivity index (χ3n) is 7.52. The molecule has 6 rings (SSSR count). The molecule has 2 fully saturated rings. The van der Waals surface area contributed by atoms with Crippen molar-refractivity contribution in [1.82, 2.24) is 18.6 Å². The topological polar surface area (TPSA) is 84.5 Å². The summed E-state index contributed by atoms with van der Waals surface area (Å²) >= 11 is 3.25. The quantitative estimate of drug-likeness (QED) is 0.380. The van der Waals surface area contributed by atoms with E-state index in [2.05, 4.69) is 38.1 Å². The fourth-order valence-electron chi connectivity index (χ4n) is 5.18. The number of pyridine rings is 1. The average molecular weight is 595 g/mol. The molecular formula is C28H28BrFN6O3. The highest BCUT2D eigenvalue weighted by molar-refractivity contribution is 9.10. The van der Waals surface area contributed by atoms with Crippen molar-refractivity contribution in [2.75, 3.05) is 43.4 Å². The van der Waals surface area contributed by atoms with Crippen LogP contribution in [-0.2, 0) is 7.05 Å². The summed E-state index contributed by atoms with van der Waals surface area (Å²) in [7, 11) is 3.63. The van der Waals surface area contributed by atoms with Crippen molar-refractivity contribution in [2.24, 2.45) is 7.05 Å². The Balaban J connectivity index is 1.61. The van der Waals surface area contributed by atoms with Gasteiger partial charge < -0.3 is 15.1 Å². The van der Waals surface area contributed by atoms with Crippen LogP contribution in [0.1, 0.15) is 18.9 Å². The normalized spacial score (nSPS) is 16.2. The Bertz CT molecular complexity index is 1780. The minimum atomic E-state index is -0.547. The molecule has 2 aromatic carbocycles. The molecule has 0 spiro atoms. The molecule has 1 aliphatic heterocycles. The molecule has 1 aliphatic carbocycles. The van der Waals surface area contributed by atoms with Gasteiger partial charge in [-0.25, -0.2) is 13.8 Å². The Morgan fingerprint density at radius 3 is 2.31 bits per heavy atom. The summed E-state index contributed by atoms with van der Waals surface area (Å²) in [5.74, 6) is -0.547. The van der Waals surface area contributed by atoms with Crippen molar-refractivity contribution in [3.63, 3.8) is 0 Å². The van der Waals surface area contributed by atoms with Gasteiger partial charge >= 0.3 is 5.69 Å². The highest BCUT2D eigenvalue weighted by Gasteiger charge is 2.31. The number of aryl methyl sites for hydroxylation is 1. The minimum absolute atomic E-state index is 0.111. The molecule has 1 N–H and O–H groups in total. The van der Waals surface area contributed by atoms with Gasteiger partial charge in [0.25, 0.3) is 11.1 Å². The fraction of sp³-hybridized carbons (Fsp3) is 0.321. The lowest BCUT2D eigenvalue weighted by Gasteiger charge is -2.34. The molecule has 11 heteroatoms. The van der Waals surface area contributed by atoms with E-state index in [1.165, 1.54) is 38.9 Å². The van der Waals surface area contributed by atoms with Crippen molar-refractivity contribution in [2.45, 2.75) is 18.9 Å². The number of hydrogen-bond donors (Lipinski definition) is 1. The van der Waals surface area contributed by atoms with Crippen LogP contribution in [0.15, 0.2) is 67.4 Å². The fourth-order valence-corrected chi connectivity index (χ4v) is 5.51. The van der Waals surface area contributed by atoms with E-state index in [4.69, 9.17) is 0 Å². The highest BCUT2D eigenvalue weighted by atomic mass is 79.9. The zero-order valence-corrected chi connectivity index (χ0v) is 23.2. The summed E-state index contributed by atoms with van der Waals surface area (Å²) in [5.41, 5.74) is 0.503. The number of benzene rings is 2. The van der Waals surface area contributed by atoms with Crippen molar-refractivity contribution in [3.05, 3.63) is 90.0 Å². The maximum absolute atomic E-state index is 14.8. The second-order valence-corrected chi connectivity index (χ2v) is 11.2. The Labute approximate surface area is 231 Å². The van der Waals surface area contributed by atoms with Crippen molar-refractivity contribution < 1.29 is 4.39 Å². The van der Waals surface area contributed by atoms with E-state index in [-0.39, 0.29) is 28.5 Å². The molecule has 0 amide bonds. The predicted octanol–water partition coefficient (Wildman–Crippen LogP) is 3.58. The van der Waals surface area contributed by atoms with Gasteiger partial charge in [0, 0.05) is 55.5 Å². The van der Waals surface area contributed by atoms with Crippen LogP contribution in [0.2, 0.25) is 0 Å². The third kappa shape index (κ3) is 4.59. The Hall–Kier alpha value is -3.70. The highest BCUT2D eigenvalue weighted by Crippen LogP contribution is 2.34. The van der Waals surface area contributed by atoms with Gasteiger partial charge in [-0.2, -0.15) is 0 Å². The molecule has 0 radical (unpaired) electrons. The molecule has 1 saturated carbocycles. The summed E-state index contributed by atoms with van der Waals surface area (Å²) in [6.45, 7) is 3.55. The smallest absolute Gasteiger partial charge is 0.337 e. The molecule has 1 saturated heterocycles. The number of likely N-dealkylation sites (N-methyl/N-ethyl adjacent to an activating group) is 1. The molecule has 2 aliphatic rings. The lowest BCUT2D eigenvalue weighted by Crippen LogP contribution is -2.44. The summed E-state index contributed by atoms with van der Waals surface area (Å²) in [4.78, 5) is 45.5. The first kappa shape index (κ1) is 25.6. The number of anilines is 3. The number of hydrogen-bond acceptors (Lipinski definition) is 6. The maximum Gasteiger partial charge on any atom is 0.337 e. The number of nitrogens with zero attached hydrogens (tertiary/aromatic N) is 5. The van der Waals surface area contributed by atoms with E-state index in [9.17, 15) is 18.8 Å². The molecule has 0 bridgehead atoms. The summed E-state index contributed by atoms with van der Waals surface area (Å²) in [6, 6.07) is 13.2. The molecule has 4 aromatic rings. The molecule has 9 nitrogen and oxygen atoms in total. The molecule has 0 unspecified atom stereocenters. The van der Waals surface area contributed by atoms with Crippen LogP contribution in [0, 0.1) is 5.82 Å². The van der Waals surface area contributed by atoms with Gasteiger partial charge in [0.1, 0.15) is 16.9 Å². The molecule has 0 atom stereocenters. The average Bonchev–Trinajstić information content (AvgIpc) is 3.74. The minimum Gasteiger partial charge on any atom is -0.369 e. The van der Waals surface area contributed by atoms with Gasteiger partial charge in [-0.05, 0) is 56.3 Å². The van der Waals surface area contributed by atoms with Crippen molar-refractivity contribution in [3.8, 4) is 5.69 Å². The standard InChI is InChI=1S/C28H28BrFN6O3/c1-32-10-12-34(13-11-32)19-4-3-5-20(15-19)35-26-25(27(38)36(28(35)39)18-7-8-18)23(16-24(37)33(26)2)31-22-9-6-17(29)14-21(22)30/h3-6,9,14-16,18,31H,7-8,10-13H2,1-2H3. The van der Waals surface area contributed by atoms with E-state index < -0.39 is 22.6 Å². The van der Waals surface area contributed by atoms with E-state index in [1.54, 1.807) is 12.1 Å². The third-order valence-corrected chi connectivity index (χ3v) is 8.01. The number of piperazine rings is 1. The Morgan fingerprint density at radius 2 is 1.62 bits per heavy atom. The summed E-state index contributed by atoms with van der Waals surface area (Å²) in [5, 5.41) is 3.10. The summed E-state index contributed by atoms with van der Waals surface area (Å²) < 4.78 is 19.4. The van der Waals surface area contributed by atoms with E-state index in [0.29, 0.717) is 10.2 Å². The molecule has 2 aromatic heterocycles. The van der Waals surface area contributed by atoms with E-state index in [0.717, 1.165) is 44.7 Å². The lowest BCUT2D eigenvalue weighted by molar-refractivity contribution is 0.313. The Morgan fingerprint density at radius 1 is 0.897 bits per heavy atom. The number of aromatic nitrogens is 3. The molecule has 39 heavy (non-hydrogen) atoms. The number of fused-ring (bicyclic) bond motifs is 1. The molecule has 3 heterocycles. The van der Waals surface area contributed by atoms with Gasteiger partial charge in [0.2, 0.25) is 0 Å². The largest absolute Gasteiger partial charge is 0.369 e. The first-order valence-electron chi connectivity index (χ1n) is 12.9. The number of rotatable bonds is 5. The SMILES string of the molecule is CN1CCN(c2cccc(-n3c(=O)n(C4CC4)c(=O)c4c(Nc5ccc(Br)cc5F)cc(=O)n(C)c43)c2)CC1. The van der Waals surface area contributed by atoms with Crippen LogP contribution in [0.25, 0.3) is 16.7 Å². The first-order valence-corrected chi connectivity index (χ1v) is 13.7. The van der Waals surface area contributed by atoms with Crippen LogP contribution >= 0.6 is 15.9 Å². The zero-order chi connectivity index (χ0) is 27.4. The van der Waals surface area contributed by atoms with Gasteiger partial charge in [-0.15, -0.1) is 0 Å². The van der Waals surface area contributed by atoms with E-state index >= 15 is 0 Å². The monoisotopic (exact) mass is 594 g/mol. The van der Waals surface area contributed by atoms with Crippen LogP contribution in [0.4, 0.5) is 21.5 Å². The number of halogens is 2. The van der Waals surface area contributed by atoms with E-state index in [1.807, 2.05) is 18.2 Å². The van der Waals surface area contributed by atoms with Crippen molar-refractivity contribution >= 4 is 44.0 Å². The van der Waals surface area contributed by atoms with Crippen LogP contribution in [0.3, 0.4) is 0 Å². The van der Waals surface area contributed by atoms with Crippen LogP contribution < -0.4 is 27.0 Å². The van der Waals surface area contributed by atoms with Gasteiger partial charge in [-0.3, -0.25) is 18.7 Å². The predicted molar refractivity (Wildman–Crippen MR) is 154 cm³/mol. The molecular weight excluding hydrogens is 567 g/mol. The zero-order valence-electron chi connectivity index (χ0n) is 21.7. The first-order chi connectivity index (χ1) is 18.7. The van der Waals surface area contributed by atoms with Crippen LogP contribution in [-0.4, -0.2) is 51.8 Å².